The number of hydrogen-bond acceptors (Lipinski definition) is 7. The summed E-state index contributed by atoms with van der Waals surface area (Å²) in [5, 5.41) is 24.1. The van der Waals surface area contributed by atoms with Crippen LogP contribution in [0.5, 0.6) is 0 Å². The average Bonchev–Trinajstić information content (AvgIpc) is 2.88. The van der Waals surface area contributed by atoms with E-state index in [1.54, 1.807) is 11.8 Å². The zero-order valence-corrected chi connectivity index (χ0v) is 19.7. The van der Waals surface area contributed by atoms with Gasteiger partial charge in [0.05, 0.1) is 18.2 Å². The van der Waals surface area contributed by atoms with E-state index in [0.29, 0.717) is 12.5 Å². The summed E-state index contributed by atoms with van der Waals surface area (Å²) in [5.41, 5.74) is 2.96. The molecule has 3 N–H and O–H groups in total. The van der Waals surface area contributed by atoms with Crippen molar-refractivity contribution in [3.63, 3.8) is 0 Å². The fourth-order valence-electron chi connectivity index (χ4n) is 4.23. The Labute approximate surface area is 203 Å². The monoisotopic (exact) mass is 472 g/mol. The number of benzene rings is 3. The van der Waals surface area contributed by atoms with Gasteiger partial charge in [-0.25, -0.2) is 4.98 Å². The van der Waals surface area contributed by atoms with Crippen LogP contribution >= 0.6 is 11.8 Å². The Morgan fingerprint density at radius 1 is 0.853 bits per heavy atom. The van der Waals surface area contributed by atoms with Crippen molar-refractivity contribution in [1.82, 2.24) is 9.97 Å². The summed E-state index contributed by atoms with van der Waals surface area (Å²) in [7, 11) is 0. The summed E-state index contributed by atoms with van der Waals surface area (Å²) in [6, 6.07) is 24.3. The summed E-state index contributed by atoms with van der Waals surface area (Å²) in [5.74, 6) is 1.51. The van der Waals surface area contributed by atoms with E-state index < -0.39 is 0 Å². The van der Waals surface area contributed by atoms with Crippen molar-refractivity contribution in [2.45, 2.75) is 41.9 Å². The largest absolute Gasteiger partial charge is 0.393 e. The zero-order chi connectivity index (χ0) is 23.3. The number of aliphatic hydroxyl groups is 2. The minimum atomic E-state index is -0.230. The number of aromatic nitrogens is 2. The second kappa shape index (κ2) is 10.4. The van der Waals surface area contributed by atoms with Gasteiger partial charge in [-0.05, 0) is 48.2 Å². The molecule has 5 rings (SSSR count). The number of hydrogen-bond donors (Lipinski definition) is 3. The fraction of sp³-hybridized carbons (Fsp3) is 0.259. The van der Waals surface area contributed by atoms with Crippen LogP contribution in [0.2, 0.25) is 0 Å². The highest BCUT2D eigenvalue weighted by molar-refractivity contribution is 7.99. The van der Waals surface area contributed by atoms with Gasteiger partial charge in [0.2, 0.25) is 5.95 Å². The van der Waals surface area contributed by atoms with Crippen LogP contribution in [0.15, 0.2) is 82.6 Å². The molecule has 1 fully saturated rings. The van der Waals surface area contributed by atoms with Gasteiger partial charge in [0.25, 0.3) is 0 Å². The van der Waals surface area contributed by atoms with Gasteiger partial charge in [0, 0.05) is 34.8 Å². The van der Waals surface area contributed by atoms with Crippen molar-refractivity contribution < 1.29 is 10.2 Å². The lowest BCUT2D eigenvalue weighted by Gasteiger charge is -2.31. The number of nitrogens with zero attached hydrogens (tertiary/aromatic N) is 3. The highest BCUT2D eigenvalue weighted by atomic mass is 32.2. The first-order chi connectivity index (χ1) is 16.7. The topological polar surface area (TPSA) is 81.5 Å². The Morgan fingerprint density at radius 2 is 1.50 bits per heavy atom. The van der Waals surface area contributed by atoms with Crippen molar-refractivity contribution in [2.24, 2.45) is 0 Å². The number of piperidine rings is 1. The third-order valence-corrected chi connectivity index (χ3v) is 7.36. The molecular formula is C27H28N4O2S. The number of aliphatic hydroxyl groups excluding tert-OH is 2. The van der Waals surface area contributed by atoms with Crippen molar-refractivity contribution >= 4 is 34.4 Å². The fourth-order valence-corrected chi connectivity index (χ4v) is 5.30. The number of rotatable bonds is 7. The highest BCUT2D eigenvalue weighted by Crippen LogP contribution is 2.33. The Hall–Kier alpha value is -3.13. The molecule has 1 aromatic heterocycles. The maximum atomic E-state index is 9.93. The van der Waals surface area contributed by atoms with Crippen LogP contribution in [0.3, 0.4) is 0 Å². The van der Waals surface area contributed by atoms with Crippen LogP contribution in [-0.2, 0) is 13.2 Å². The van der Waals surface area contributed by atoms with Gasteiger partial charge in [-0.3, -0.25) is 0 Å². The molecule has 0 atom stereocenters. The molecule has 0 amide bonds. The summed E-state index contributed by atoms with van der Waals surface area (Å²) in [6.45, 7) is 2.17. The van der Waals surface area contributed by atoms with Crippen molar-refractivity contribution in [3.8, 4) is 0 Å². The molecule has 34 heavy (non-hydrogen) atoms. The second-order valence-electron chi connectivity index (χ2n) is 8.44. The molecule has 2 heterocycles. The Kier molecular flexibility index (Phi) is 6.94. The number of anilines is 2. The molecule has 0 spiro atoms. The van der Waals surface area contributed by atoms with Crippen molar-refractivity contribution in [3.05, 3.63) is 83.9 Å². The lowest BCUT2D eigenvalue weighted by atomic mass is 10.1. The summed E-state index contributed by atoms with van der Waals surface area (Å²) in [6.07, 6.45) is 1.27. The summed E-state index contributed by atoms with van der Waals surface area (Å²) in [4.78, 5) is 14.1. The van der Waals surface area contributed by atoms with Crippen LogP contribution in [-0.4, -0.2) is 39.4 Å². The zero-order valence-electron chi connectivity index (χ0n) is 18.9. The normalized spacial score (nSPS) is 14.5. The van der Waals surface area contributed by atoms with Gasteiger partial charge >= 0.3 is 0 Å². The van der Waals surface area contributed by atoms with E-state index in [9.17, 15) is 10.2 Å². The first-order valence-corrected chi connectivity index (χ1v) is 12.4. The van der Waals surface area contributed by atoms with Gasteiger partial charge in [0.15, 0.2) is 0 Å². The third-order valence-electron chi connectivity index (χ3n) is 6.12. The smallest absolute Gasteiger partial charge is 0.225 e. The van der Waals surface area contributed by atoms with E-state index in [-0.39, 0.29) is 12.7 Å². The predicted octanol–water partition coefficient (Wildman–Crippen LogP) is 4.85. The molecule has 174 valence electrons. The standard InChI is InChI=1S/C27H28N4O2S/c32-18-20-8-2-6-12-25(20)34-24-11-5-1-7-19(24)17-28-27-29-23-10-4-3-9-22(23)26(30-27)31-15-13-21(33)14-16-31/h1-12,21,32-33H,13-18H2,(H,28,29,30). The van der Waals surface area contributed by atoms with E-state index >= 15 is 0 Å². The summed E-state index contributed by atoms with van der Waals surface area (Å²) < 4.78 is 0. The lowest BCUT2D eigenvalue weighted by molar-refractivity contribution is 0.145. The van der Waals surface area contributed by atoms with Gasteiger partial charge in [-0.15, -0.1) is 0 Å². The van der Waals surface area contributed by atoms with Crippen LogP contribution in [0.25, 0.3) is 10.9 Å². The molecule has 1 saturated heterocycles. The molecule has 1 aliphatic rings. The van der Waals surface area contributed by atoms with E-state index in [2.05, 4.69) is 28.4 Å². The molecule has 1 aliphatic heterocycles. The number of para-hydroxylation sites is 1. The first-order valence-electron chi connectivity index (χ1n) is 11.6. The molecule has 0 unspecified atom stereocenters. The highest BCUT2D eigenvalue weighted by Gasteiger charge is 2.21. The minimum absolute atomic E-state index is 0.0187. The van der Waals surface area contributed by atoms with Crippen LogP contribution in [0.4, 0.5) is 11.8 Å². The molecule has 3 aromatic carbocycles. The molecule has 0 bridgehead atoms. The Bertz CT molecular complexity index is 1270. The number of fused-ring (bicyclic) bond motifs is 1. The van der Waals surface area contributed by atoms with Crippen LogP contribution in [0.1, 0.15) is 24.0 Å². The molecule has 7 heteroatoms. The van der Waals surface area contributed by atoms with E-state index in [0.717, 1.165) is 63.6 Å². The lowest BCUT2D eigenvalue weighted by Crippen LogP contribution is -2.36. The van der Waals surface area contributed by atoms with Crippen molar-refractivity contribution in [2.75, 3.05) is 23.3 Å². The van der Waals surface area contributed by atoms with Gasteiger partial charge < -0.3 is 20.4 Å². The SMILES string of the molecule is OCc1ccccc1Sc1ccccc1CNc1nc(N2CCC(O)CC2)c2ccccc2n1. The third kappa shape index (κ3) is 5.01. The first kappa shape index (κ1) is 22.7. The molecule has 6 nitrogen and oxygen atoms in total. The van der Waals surface area contributed by atoms with Crippen LogP contribution in [0, 0.1) is 0 Å². The molecule has 0 radical (unpaired) electrons. The van der Waals surface area contributed by atoms with E-state index in [1.807, 2.05) is 54.6 Å². The molecular weight excluding hydrogens is 444 g/mol. The van der Waals surface area contributed by atoms with E-state index in [4.69, 9.17) is 9.97 Å². The Morgan fingerprint density at radius 3 is 2.26 bits per heavy atom. The molecule has 4 aromatic rings. The number of nitrogens with one attached hydrogen (secondary N) is 1. The van der Waals surface area contributed by atoms with E-state index in [1.165, 1.54) is 0 Å². The Balaban J connectivity index is 1.40. The van der Waals surface area contributed by atoms with Crippen LogP contribution < -0.4 is 10.2 Å². The summed E-state index contributed by atoms with van der Waals surface area (Å²) >= 11 is 1.66. The van der Waals surface area contributed by atoms with Gasteiger partial charge in [-0.1, -0.05) is 60.3 Å². The van der Waals surface area contributed by atoms with Gasteiger partial charge in [-0.2, -0.15) is 4.98 Å². The molecule has 0 saturated carbocycles. The average molecular weight is 473 g/mol. The predicted molar refractivity (Wildman–Crippen MR) is 137 cm³/mol. The maximum Gasteiger partial charge on any atom is 0.225 e. The maximum absolute atomic E-state index is 9.93. The van der Waals surface area contributed by atoms with Crippen molar-refractivity contribution in [1.29, 1.82) is 0 Å². The quantitative estimate of drug-likeness (QED) is 0.355. The second-order valence-corrected chi connectivity index (χ2v) is 9.52. The van der Waals surface area contributed by atoms with Gasteiger partial charge in [0.1, 0.15) is 5.82 Å². The minimum Gasteiger partial charge on any atom is -0.393 e. The molecule has 0 aliphatic carbocycles.